The monoisotopic (exact) mass is 730 g/mol. The minimum absolute atomic E-state index is 0.446. The summed E-state index contributed by atoms with van der Waals surface area (Å²) in [7, 11) is 0. The minimum Gasteiger partial charge on any atom is -0.228 e. The Morgan fingerprint density at radius 3 is 1.41 bits per heavy atom. The molecule has 0 unspecified atom stereocenters. The van der Waals surface area contributed by atoms with Gasteiger partial charge in [0, 0.05) is 26.5 Å². The molecule has 9 aromatic rings. The Balaban J connectivity index is 1.10. The maximum Gasteiger partial charge on any atom is 0.161 e. The average molecular weight is 731 g/mol. The lowest BCUT2D eigenvalue weighted by molar-refractivity contribution is 0.723. The van der Waals surface area contributed by atoms with Crippen LogP contribution in [0.15, 0.2) is 216 Å². The van der Waals surface area contributed by atoms with Gasteiger partial charge in [-0.15, -0.1) is 0 Å². The molecule has 0 fully saturated rings. The number of benzene rings is 8. The number of hydrogen-bond acceptors (Lipinski definition) is 3. The van der Waals surface area contributed by atoms with Gasteiger partial charge >= 0.3 is 0 Å². The molecule has 8 aromatic carbocycles. The summed E-state index contributed by atoms with van der Waals surface area (Å²) in [6, 6.07) is 74.4. The van der Waals surface area contributed by atoms with E-state index in [-0.39, 0.29) is 0 Å². The van der Waals surface area contributed by atoms with E-state index in [1.54, 1.807) is 0 Å². The lowest BCUT2D eigenvalue weighted by Crippen LogP contribution is -2.32. The van der Waals surface area contributed by atoms with Crippen LogP contribution in [-0.2, 0) is 5.41 Å². The summed E-state index contributed by atoms with van der Waals surface area (Å²) in [6.07, 6.45) is 0. The molecule has 1 aromatic heterocycles. The van der Waals surface area contributed by atoms with Gasteiger partial charge in [-0.25, -0.2) is 9.97 Å². The first-order valence-corrected chi connectivity index (χ1v) is 19.9. The molecular weight excluding hydrogens is 697 g/mol. The van der Waals surface area contributed by atoms with E-state index in [1.807, 2.05) is 17.8 Å². The molecule has 262 valence electrons. The predicted octanol–water partition coefficient (Wildman–Crippen LogP) is 13.6. The van der Waals surface area contributed by atoms with Gasteiger partial charge in [-0.3, -0.25) is 0 Å². The molecule has 0 N–H and O–H groups in total. The Labute approximate surface area is 331 Å². The Kier molecular flexibility index (Phi) is 7.68. The topological polar surface area (TPSA) is 25.8 Å². The van der Waals surface area contributed by atoms with Gasteiger partial charge in [-0.2, -0.15) is 0 Å². The van der Waals surface area contributed by atoms with Crippen molar-refractivity contribution in [3.8, 4) is 67.3 Å². The molecule has 0 saturated heterocycles. The molecular formula is C53H34N2S. The van der Waals surface area contributed by atoms with Crippen LogP contribution in [-0.4, -0.2) is 9.97 Å². The molecule has 2 nitrogen and oxygen atoms in total. The summed E-state index contributed by atoms with van der Waals surface area (Å²) < 4.78 is 0. The SMILES string of the molecule is c1ccc(-c2ccc(-c3cc(-c4ccccc4)nc(-c4ccccc4-c4ccc5c(c4)C4(c6ccccc6S5)c5ccccc5-c5ccccc54)n3)cc2)cc1. The summed E-state index contributed by atoms with van der Waals surface area (Å²) in [5.41, 5.74) is 17.0. The second-order valence-corrected chi connectivity index (χ2v) is 15.6. The van der Waals surface area contributed by atoms with Gasteiger partial charge in [0.1, 0.15) is 0 Å². The van der Waals surface area contributed by atoms with Crippen LogP contribution < -0.4 is 0 Å². The third-order valence-electron chi connectivity index (χ3n) is 11.4. The Hall–Kier alpha value is -6.81. The van der Waals surface area contributed by atoms with E-state index in [0.717, 1.165) is 39.2 Å². The molecule has 0 atom stereocenters. The van der Waals surface area contributed by atoms with Crippen molar-refractivity contribution in [3.63, 3.8) is 0 Å². The average Bonchev–Trinajstić information content (AvgIpc) is 3.57. The van der Waals surface area contributed by atoms with Crippen molar-refractivity contribution in [2.24, 2.45) is 0 Å². The smallest absolute Gasteiger partial charge is 0.161 e. The van der Waals surface area contributed by atoms with Crippen LogP contribution in [0.1, 0.15) is 22.3 Å². The van der Waals surface area contributed by atoms with E-state index in [9.17, 15) is 0 Å². The zero-order valence-electron chi connectivity index (χ0n) is 30.4. The Bertz CT molecular complexity index is 2890. The minimum atomic E-state index is -0.446. The van der Waals surface area contributed by atoms with Crippen molar-refractivity contribution in [2.45, 2.75) is 15.2 Å². The Morgan fingerprint density at radius 2 is 0.750 bits per heavy atom. The molecule has 0 saturated carbocycles. The molecule has 0 radical (unpaired) electrons. The van der Waals surface area contributed by atoms with Gasteiger partial charge in [0.05, 0.1) is 16.8 Å². The zero-order valence-corrected chi connectivity index (χ0v) is 31.2. The highest BCUT2D eigenvalue weighted by molar-refractivity contribution is 7.99. The summed E-state index contributed by atoms with van der Waals surface area (Å²) >= 11 is 1.87. The number of nitrogens with zero attached hydrogens (tertiary/aromatic N) is 2. The molecule has 2 aliphatic rings. The van der Waals surface area contributed by atoms with Crippen molar-refractivity contribution in [2.75, 3.05) is 0 Å². The number of rotatable bonds is 5. The number of aromatic nitrogens is 2. The van der Waals surface area contributed by atoms with Crippen LogP contribution in [0.25, 0.3) is 67.3 Å². The second kappa shape index (κ2) is 13.2. The fraction of sp³-hybridized carbons (Fsp3) is 0.0189. The van der Waals surface area contributed by atoms with Gasteiger partial charge in [0.15, 0.2) is 5.82 Å². The Morgan fingerprint density at radius 1 is 0.304 bits per heavy atom. The van der Waals surface area contributed by atoms with Gasteiger partial charge in [-0.1, -0.05) is 194 Å². The van der Waals surface area contributed by atoms with Crippen molar-refractivity contribution >= 4 is 11.8 Å². The second-order valence-electron chi connectivity index (χ2n) is 14.5. The van der Waals surface area contributed by atoms with Gasteiger partial charge in [0.2, 0.25) is 0 Å². The van der Waals surface area contributed by atoms with Crippen LogP contribution >= 0.6 is 11.8 Å². The normalized spacial score (nSPS) is 13.1. The summed E-state index contributed by atoms with van der Waals surface area (Å²) in [5, 5.41) is 0. The molecule has 3 heteroatoms. The van der Waals surface area contributed by atoms with Crippen molar-refractivity contribution in [1.29, 1.82) is 0 Å². The first-order valence-electron chi connectivity index (χ1n) is 19.1. The van der Waals surface area contributed by atoms with E-state index < -0.39 is 5.41 Å². The van der Waals surface area contributed by atoms with Gasteiger partial charge < -0.3 is 0 Å². The standard InChI is InChI=1S/C53H34N2S/c1-3-15-35(16-4-1)36-27-29-38(30-28-36)49-34-48(37-17-5-2-6-18-37)54-52(55-49)43-22-8-7-19-40(43)39-31-32-51-47(33-39)53(46-25-13-14-26-50(46)56-51)44-23-11-9-20-41(44)42-21-10-12-24-45(42)53/h1-34H. The third kappa shape index (κ3) is 5.12. The predicted molar refractivity (Wildman–Crippen MR) is 231 cm³/mol. The van der Waals surface area contributed by atoms with Crippen molar-refractivity contribution in [3.05, 3.63) is 229 Å². The molecule has 0 bridgehead atoms. The highest BCUT2D eigenvalue weighted by Crippen LogP contribution is 2.62. The lowest BCUT2D eigenvalue weighted by Gasteiger charge is -2.40. The fourth-order valence-electron chi connectivity index (χ4n) is 8.89. The largest absolute Gasteiger partial charge is 0.228 e. The van der Waals surface area contributed by atoms with Crippen molar-refractivity contribution in [1.82, 2.24) is 9.97 Å². The van der Waals surface area contributed by atoms with Crippen LogP contribution in [0.5, 0.6) is 0 Å². The zero-order chi connectivity index (χ0) is 37.1. The highest BCUT2D eigenvalue weighted by atomic mass is 32.2. The maximum atomic E-state index is 5.32. The summed E-state index contributed by atoms with van der Waals surface area (Å²) in [5.74, 6) is 0.702. The van der Waals surface area contributed by atoms with E-state index >= 15 is 0 Å². The summed E-state index contributed by atoms with van der Waals surface area (Å²) in [6.45, 7) is 0. The first-order chi connectivity index (χ1) is 27.8. The van der Waals surface area contributed by atoms with Crippen LogP contribution in [0.2, 0.25) is 0 Å². The molecule has 56 heavy (non-hydrogen) atoms. The van der Waals surface area contributed by atoms with Gasteiger partial charge in [-0.05, 0) is 79.9 Å². The molecule has 11 rings (SSSR count). The number of hydrogen-bond donors (Lipinski definition) is 0. The lowest BCUT2D eigenvalue weighted by atomic mass is 9.67. The summed E-state index contributed by atoms with van der Waals surface area (Å²) in [4.78, 5) is 13.2. The highest BCUT2D eigenvalue weighted by Gasteiger charge is 2.50. The fourth-order valence-corrected chi connectivity index (χ4v) is 10.1. The van der Waals surface area contributed by atoms with E-state index in [4.69, 9.17) is 9.97 Å². The van der Waals surface area contributed by atoms with E-state index in [1.165, 1.54) is 54.3 Å². The molecule has 1 aliphatic heterocycles. The quantitative estimate of drug-likeness (QED) is 0.176. The third-order valence-corrected chi connectivity index (χ3v) is 12.6. The number of fused-ring (bicyclic) bond motifs is 9. The molecule has 2 heterocycles. The van der Waals surface area contributed by atoms with E-state index in [2.05, 4.69) is 200 Å². The first kappa shape index (κ1) is 32.6. The van der Waals surface area contributed by atoms with Crippen molar-refractivity contribution < 1.29 is 0 Å². The van der Waals surface area contributed by atoms with Crippen LogP contribution in [0.3, 0.4) is 0 Å². The van der Waals surface area contributed by atoms with Crippen LogP contribution in [0.4, 0.5) is 0 Å². The van der Waals surface area contributed by atoms with Gasteiger partial charge in [0.25, 0.3) is 0 Å². The maximum absolute atomic E-state index is 5.32. The molecule has 1 spiro atoms. The van der Waals surface area contributed by atoms with E-state index in [0.29, 0.717) is 5.82 Å². The van der Waals surface area contributed by atoms with Crippen LogP contribution in [0, 0.1) is 0 Å². The molecule has 1 aliphatic carbocycles. The molecule has 0 amide bonds.